The quantitative estimate of drug-likeness (QED) is 0.484. The van der Waals surface area contributed by atoms with Crippen LogP contribution in [0.5, 0.6) is 0 Å². The summed E-state index contributed by atoms with van der Waals surface area (Å²) >= 11 is 0. The largest absolute Gasteiger partial charge is 0.295 e. The number of rotatable bonds is 4. The van der Waals surface area contributed by atoms with Crippen molar-refractivity contribution in [3.63, 3.8) is 0 Å². The monoisotopic (exact) mass is 408 g/mol. The lowest BCUT2D eigenvalue weighted by atomic mass is 9.49. The molecule has 4 aliphatic rings. The predicted octanol–water partition coefficient (Wildman–Crippen LogP) is 6.72. The van der Waals surface area contributed by atoms with E-state index in [1.165, 1.54) is 24.8 Å². The first kappa shape index (κ1) is 21.8. The number of carbonyl (C=O) groups is 2. The van der Waals surface area contributed by atoms with E-state index in [4.69, 9.17) is 0 Å². The molecule has 0 aromatic carbocycles. The minimum absolute atomic E-state index is 0.114. The first-order chi connectivity index (χ1) is 14.1. The number of hydrogen-bond acceptors (Lipinski definition) is 2. The molecule has 2 nitrogen and oxygen atoms in total. The fourth-order valence-electron chi connectivity index (χ4n) is 7.35. The van der Waals surface area contributed by atoms with Gasteiger partial charge in [0.25, 0.3) is 0 Å². The maximum Gasteiger partial charge on any atom is 0.182 e. The molecule has 0 amide bonds. The van der Waals surface area contributed by atoms with Crippen LogP contribution in [0.15, 0.2) is 35.5 Å². The molecule has 2 heteroatoms. The summed E-state index contributed by atoms with van der Waals surface area (Å²) < 4.78 is 0. The molecule has 0 N–H and O–H groups in total. The summed E-state index contributed by atoms with van der Waals surface area (Å²) in [5, 5.41) is 0. The number of allylic oxidation sites excluding steroid dienone is 6. The molecule has 164 valence electrons. The molecule has 7 atom stereocenters. The maximum atomic E-state index is 13.1. The third-order valence-electron chi connectivity index (χ3n) is 9.73. The Labute approximate surface area is 183 Å². The lowest BCUT2D eigenvalue weighted by Crippen LogP contribution is -2.48. The van der Waals surface area contributed by atoms with Gasteiger partial charge in [-0.15, -0.1) is 0 Å². The molecule has 2 fully saturated rings. The van der Waals surface area contributed by atoms with Crippen molar-refractivity contribution < 1.29 is 9.59 Å². The normalized spacial score (nSPS) is 40.6. The van der Waals surface area contributed by atoms with Crippen LogP contribution in [0.25, 0.3) is 0 Å². The molecule has 0 heterocycles. The van der Waals surface area contributed by atoms with E-state index in [1.807, 2.05) is 6.08 Å². The zero-order chi connectivity index (χ0) is 21.8. The van der Waals surface area contributed by atoms with Gasteiger partial charge in [-0.25, -0.2) is 0 Å². The zero-order valence-electron chi connectivity index (χ0n) is 19.8. The van der Waals surface area contributed by atoms with Gasteiger partial charge in [0.15, 0.2) is 11.6 Å². The van der Waals surface area contributed by atoms with Crippen LogP contribution in [0.3, 0.4) is 0 Å². The van der Waals surface area contributed by atoms with Crippen LogP contribution in [-0.4, -0.2) is 11.6 Å². The van der Waals surface area contributed by atoms with Crippen molar-refractivity contribution in [1.29, 1.82) is 0 Å². The minimum atomic E-state index is -0.132. The fourth-order valence-corrected chi connectivity index (χ4v) is 7.35. The summed E-state index contributed by atoms with van der Waals surface area (Å²) in [6, 6.07) is 0. The molecule has 2 saturated carbocycles. The number of fused-ring (bicyclic) bond motifs is 5. The van der Waals surface area contributed by atoms with Crippen molar-refractivity contribution in [1.82, 2.24) is 0 Å². The maximum absolute atomic E-state index is 13.1. The van der Waals surface area contributed by atoms with E-state index in [2.05, 4.69) is 53.7 Å². The molecule has 0 radical (unpaired) electrons. The van der Waals surface area contributed by atoms with Gasteiger partial charge in [0, 0.05) is 17.4 Å². The SMILES string of the molecule is CC(C)[C@@H](C)C=C[C@@H](C)[C@H]1CC[C@@H]2C3=CC(=O)C4=CC(=O)CC[C@]4(C)[C@@H]3CC[C@@]21C. The van der Waals surface area contributed by atoms with E-state index >= 15 is 0 Å². The Balaban J connectivity index is 1.62. The third-order valence-corrected chi connectivity index (χ3v) is 9.73. The molecule has 30 heavy (non-hydrogen) atoms. The van der Waals surface area contributed by atoms with Crippen molar-refractivity contribution in [2.45, 2.75) is 80.1 Å². The van der Waals surface area contributed by atoms with Crippen molar-refractivity contribution in [2.24, 2.45) is 46.3 Å². The van der Waals surface area contributed by atoms with Crippen molar-refractivity contribution in [2.75, 3.05) is 0 Å². The van der Waals surface area contributed by atoms with Crippen LogP contribution < -0.4 is 0 Å². The van der Waals surface area contributed by atoms with Gasteiger partial charge >= 0.3 is 0 Å². The van der Waals surface area contributed by atoms with Crippen LogP contribution in [-0.2, 0) is 9.59 Å². The van der Waals surface area contributed by atoms with Gasteiger partial charge in [-0.3, -0.25) is 9.59 Å². The lowest BCUT2D eigenvalue weighted by Gasteiger charge is -2.54. The molecule has 4 rings (SSSR count). The summed E-state index contributed by atoms with van der Waals surface area (Å²) in [6.07, 6.45) is 14.8. The van der Waals surface area contributed by atoms with Crippen molar-refractivity contribution in [3.8, 4) is 0 Å². The molecule has 0 spiro atoms. The van der Waals surface area contributed by atoms with Gasteiger partial charge in [0.05, 0.1) is 0 Å². The Kier molecular flexibility index (Phi) is 5.52. The Morgan fingerprint density at radius 2 is 1.67 bits per heavy atom. The van der Waals surface area contributed by atoms with Crippen LogP contribution in [0.2, 0.25) is 0 Å². The topological polar surface area (TPSA) is 34.1 Å². The summed E-state index contributed by atoms with van der Waals surface area (Å²) in [7, 11) is 0. The van der Waals surface area contributed by atoms with E-state index in [9.17, 15) is 9.59 Å². The summed E-state index contributed by atoms with van der Waals surface area (Å²) in [4.78, 5) is 25.1. The number of hydrogen-bond donors (Lipinski definition) is 0. The second-order valence-corrected chi connectivity index (χ2v) is 11.6. The lowest BCUT2D eigenvalue weighted by molar-refractivity contribution is -0.119. The molecular weight excluding hydrogens is 368 g/mol. The molecule has 0 aromatic heterocycles. The standard InChI is InChI=1S/C28H40O2/c1-17(2)18(3)7-8-19(4)22-9-10-23-21-16-26(30)25-15-20(29)11-13-28(25,6)24(21)12-14-27(22,23)5/h7-8,15-19,22-24H,9-14H2,1-6H3/t18-,19+,22+,23+,24+,27+,28+/m0/s1. The molecule has 0 aliphatic heterocycles. The van der Waals surface area contributed by atoms with Gasteiger partial charge in [0.2, 0.25) is 0 Å². The predicted molar refractivity (Wildman–Crippen MR) is 123 cm³/mol. The van der Waals surface area contributed by atoms with Gasteiger partial charge in [-0.05, 0) is 85.2 Å². The molecule has 0 bridgehead atoms. The Morgan fingerprint density at radius 1 is 0.933 bits per heavy atom. The van der Waals surface area contributed by atoms with Crippen molar-refractivity contribution >= 4 is 11.6 Å². The van der Waals surface area contributed by atoms with Crippen LogP contribution in [0.4, 0.5) is 0 Å². The molecule has 0 aromatic rings. The summed E-state index contributed by atoms with van der Waals surface area (Å²) in [6.45, 7) is 14.1. The van der Waals surface area contributed by atoms with Gasteiger partial charge in [-0.1, -0.05) is 59.3 Å². The second kappa shape index (κ2) is 7.61. The molecular formula is C28H40O2. The average molecular weight is 409 g/mol. The molecule has 0 saturated heterocycles. The van der Waals surface area contributed by atoms with E-state index in [0.717, 1.165) is 18.4 Å². The second-order valence-electron chi connectivity index (χ2n) is 11.6. The van der Waals surface area contributed by atoms with Crippen LogP contribution >= 0.6 is 0 Å². The first-order valence-corrected chi connectivity index (χ1v) is 12.3. The van der Waals surface area contributed by atoms with E-state index in [1.54, 1.807) is 6.08 Å². The Bertz CT molecular complexity index is 828. The number of carbonyl (C=O) groups excluding carboxylic acids is 2. The highest BCUT2D eigenvalue weighted by molar-refractivity contribution is 6.11. The molecule has 4 aliphatic carbocycles. The first-order valence-electron chi connectivity index (χ1n) is 12.3. The zero-order valence-corrected chi connectivity index (χ0v) is 19.8. The van der Waals surface area contributed by atoms with E-state index in [0.29, 0.717) is 41.9 Å². The Morgan fingerprint density at radius 3 is 2.37 bits per heavy atom. The van der Waals surface area contributed by atoms with Gasteiger partial charge < -0.3 is 0 Å². The smallest absolute Gasteiger partial charge is 0.182 e. The fraction of sp³-hybridized carbons (Fsp3) is 0.714. The highest BCUT2D eigenvalue weighted by atomic mass is 16.1. The summed E-state index contributed by atoms with van der Waals surface area (Å²) in [5.41, 5.74) is 2.38. The highest BCUT2D eigenvalue weighted by Gasteiger charge is 2.58. The third kappa shape index (κ3) is 3.30. The molecule has 0 unspecified atom stereocenters. The Hall–Kier alpha value is -1.44. The van der Waals surface area contributed by atoms with Gasteiger partial charge in [-0.2, -0.15) is 0 Å². The van der Waals surface area contributed by atoms with E-state index in [-0.39, 0.29) is 22.4 Å². The van der Waals surface area contributed by atoms with Crippen LogP contribution in [0.1, 0.15) is 80.1 Å². The van der Waals surface area contributed by atoms with Crippen molar-refractivity contribution in [3.05, 3.63) is 35.5 Å². The highest BCUT2D eigenvalue weighted by Crippen LogP contribution is 2.65. The summed E-state index contributed by atoms with van der Waals surface area (Å²) in [5.74, 6) is 3.78. The van der Waals surface area contributed by atoms with Crippen LogP contribution in [0, 0.1) is 46.3 Å². The van der Waals surface area contributed by atoms with E-state index < -0.39 is 0 Å². The number of ketones is 2. The van der Waals surface area contributed by atoms with Gasteiger partial charge in [0.1, 0.15) is 0 Å². The average Bonchev–Trinajstić information content (AvgIpc) is 3.04. The minimum Gasteiger partial charge on any atom is -0.295 e.